The zero-order valence-electron chi connectivity index (χ0n) is 14.8. The first-order chi connectivity index (χ1) is 13.6. The maximum atomic E-state index is 13.4. The molecule has 0 heterocycles. The highest BCUT2D eigenvalue weighted by atomic mass is 19.4. The summed E-state index contributed by atoms with van der Waals surface area (Å²) in [7, 11) is 0. The first-order valence-corrected chi connectivity index (χ1v) is 7.19. The molecule has 190 valence electrons. The number of ether oxygens (including phenoxy) is 1. The molecule has 0 bridgehead atoms. The minimum Gasteiger partial charge on any atom is -0.393 e. The highest BCUT2D eigenvalue weighted by molar-refractivity contribution is 5.87. The monoisotopic (exact) mass is 518 g/mol. The van der Waals surface area contributed by atoms with Crippen LogP contribution in [-0.4, -0.2) is 53.8 Å². The lowest BCUT2D eigenvalue weighted by Crippen LogP contribution is -2.74. The second-order valence-electron chi connectivity index (χ2n) is 5.82. The number of hydrogen-bond donors (Lipinski definition) is 0. The van der Waals surface area contributed by atoms with Crippen molar-refractivity contribution in [1.29, 1.82) is 0 Å². The van der Waals surface area contributed by atoms with Crippen molar-refractivity contribution in [3.8, 4) is 0 Å². The molecule has 0 aromatic heterocycles. The van der Waals surface area contributed by atoms with Crippen molar-refractivity contribution in [1.82, 2.24) is 0 Å². The van der Waals surface area contributed by atoms with Gasteiger partial charge in [0.2, 0.25) is 0 Å². The van der Waals surface area contributed by atoms with E-state index in [0.29, 0.717) is 13.0 Å². The van der Waals surface area contributed by atoms with Crippen LogP contribution in [-0.2, 0) is 9.53 Å². The summed E-state index contributed by atoms with van der Waals surface area (Å²) in [5, 5.41) is 0. The third-order valence-corrected chi connectivity index (χ3v) is 3.67. The lowest BCUT2D eigenvalue weighted by atomic mass is 9.90. The molecular weight excluding hydrogens is 511 g/mol. The van der Waals surface area contributed by atoms with Gasteiger partial charge in [0.05, 0.1) is 0 Å². The molecule has 0 fully saturated rings. The zero-order chi connectivity index (χ0) is 26.6. The molecule has 0 rings (SSSR count). The molecule has 0 spiro atoms. The maximum Gasteiger partial charge on any atom is 0.473 e. The van der Waals surface area contributed by atoms with Gasteiger partial charge < -0.3 is 4.74 Å². The largest absolute Gasteiger partial charge is 0.473 e. The van der Waals surface area contributed by atoms with Crippen LogP contribution < -0.4 is 0 Å². The molecule has 2 nitrogen and oxygen atoms in total. The Bertz CT molecular complexity index is 746. The van der Waals surface area contributed by atoms with Crippen LogP contribution in [0.1, 0.15) is 13.8 Å². The van der Waals surface area contributed by atoms with Crippen LogP contribution in [0.5, 0.6) is 0 Å². The fourth-order valence-electron chi connectivity index (χ4n) is 1.53. The van der Waals surface area contributed by atoms with Crippen molar-refractivity contribution in [3.63, 3.8) is 0 Å². The number of carbonyl (C=O) groups is 1. The number of hydrogen-bond acceptors (Lipinski definition) is 2. The predicted molar refractivity (Wildman–Crippen MR) is 66.2 cm³/mol. The van der Waals surface area contributed by atoms with E-state index in [9.17, 15) is 79.4 Å². The Kier molecular flexibility index (Phi) is 7.32. The molecule has 0 aromatic carbocycles. The molecule has 0 aromatic rings. The van der Waals surface area contributed by atoms with E-state index in [0.717, 1.165) is 6.92 Å². The SMILES string of the molecule is CC=C(C)C(=O)OC(F)(F)C(F)(F)C(F)(F)C(F)(F)C(F)(F)C(F)(F)C(F)(F)C(F)(F)F. The molecule has 0 saturated heterocycles. The topological polar surface area (TPSA) is 26.3 Å². The van der Waals surface area contributed by atoms with Gasteiger partial charge in [-0.3, -0.25) is 0 Å². The van der Waals surface area contributed by atoms with E-state index in [2.05, 4.69) is 4.74 Å². The van der Waals surface area contributed by atoms with Crippen molar-refractivity contribution in [2.75, 3.05) is 0 Å². The van der Waals surface area contributed by atoms with Gasteiger partial charge in [-0.25, -0.2) is 4.79 Å². The lowest BCUT2D eigenvalue weighted by molar-refractivity contribution is -0.473. The van der Waals surface area contributed by atoms with Gasteiger partial charge in [0.15, 0.2) is 0 Å². The minimum atomic E-state index is -8.73. The quantitative estimate of drug-likeness (QED) is 0.210. The van der Waals surface area contributed by atoms with Gasteiger partial charge in [-0.05, 0) is 13.8 Å². The van der Waals surface area contributed by atoms with Crippen molar-refractivity contribution < 1.29 is 84.2 Å². The molecule has 0 unspecified atom stereocenters. The van der Waals surface area contributed by atoms with Crippen LogP contribution in [0.15, 0.2) is 11.6 Å². The molecule has 0 aliphatic carbocycles. The van der Waals surface area contributed by atoms with E-state index in [-0.39, 0.29) is 0 Å². The molecule has 0 saturated carbocycles. The fourth-order valence-corrected chi connectivity index (χ4v) is 1.53. The molecule has 19 heteroatoms. The molecule has 0 aliphatic heterocycles. The van der Waals surface area contributed by atoms with Crippen molar-refractivity contribution in [2.45, 2.75) is 61.7 Å². The maximum absolute atomic E-state index is 13.4. The smallest absolute Gasteiger partial charge is 0.393 e. The van der Waals surface area contributed by atoms with E-state index in [1.54, 1.807) is 0 Å². The van der Waals surface area contributed by atoms with Crippen LogP contribution in [0.3, 0.4) is 0 Å². The summed E-state index contributed by atoms with van der Waals surface area (Å²) in [6, 6.07) is 0. The zero-order valence-corrected chi connectivity index (χ0v) is 14.8. The third-order valence-electron chi connectivity index (χ3n) is 3.67. The van der Waals surface area contributed by atoms with Gasteiger partial charge in [0, 0.05) is 5.57 Å². The second-order valence-corrected chi connectivity index (χ2v) is 5.82. The summed E-state index contributed by atoms with van der Waals surface area (Å²) in [5.74, 6) is -53.5. The van der Waals surface area contributed by atoms with E-state index in [4.69, 9.17) is 0 Å². The first-order valence-electron chi connectivity index (χ1n) is 7.19. The molecular formula is C13H7F17O2. The molecule has 0 N–H and O–H groups in total. The van der Waals surface area contributed by atoms with Crippen LogP contribution in [0.4, 0.5) is 74.6 Å². The van der Waals surface area contributed by atoms with Gasteiger partial charge in [0.1, 0.15) is 0 Å². The van der Waals surface area contributed by atoms with Gasteiger partial charge in [0.25, 0.3) is 0 Å². The molecule has 0 radical (unpaired) electrons. The Labute approximate surface area is 165 Å². The Morgan fingerprint density at radius 1 is 0.562 bits per heavy atom. The highest BCUT2D eigenvalue weighted by Crippen LogP contribution is 2.64. The van der Waals surface area contributed by atoms with E-state index in [1.807, 2.05) is 0 Å². The number of rotatable bonds is 8. The number of allylic oxidation sites excluding steroid dienone is 1. The number of esters is 1. The average molecular weight is 518 g/mol. The Balaban J connectivity index is 6.68. The summed E-state index contributed by atoms with van der Waals surface area (Å²) in [6.45, 7) is 1.33. The Morgan fingerprint density at radius 3 is 1.12 bits per heavy atom. The van der Waals surface area contributed by atoms with Crippen molar-refractivity contribution >= 4 is 5.97 Å². The van der Waals surface area contributed by atoms with Crippen molar-refractivity contribution in [3.05, 3.63) is 11.6 Å². The van der Waals surface area contributed by atoms with Gasteiger partial charge >= 0.3 is 53.8 Å². The van der Waals surface area contributed by atoms with Gasteiger partial charge in [-0.1, -0.05) is 6.08 Å². The van der Waals surface area contributed by atoms with Crippen LogP contribution in [0, 0.1) is 0 Å². The van der Waals surface area contributed by atoms with Crippen molar-refractivity contribution in [2.24, 2.45) is 0 Å². The second kappa shape index (κ2) is 7.81. The molecule has 0 amide bonds. The average Bonchev–Trinajstić information content (AvgIpc) is 2.58. The highest BCUT2D eigenvalue weighted by Gasteiger charge is 2.95. The van der Waals surface area contributed by atoms with Gasteiger partial charge in [-0.2, -0.15) is 74.6 Å². The minimum absolute atomic E-state index is 0.497. The number of carbonyl (C=O) groups excluding carboxylic acids is 1. The summed E-state index contributed by atoms with van der Waals surface area (Å²) in [4.78, 5) is 11.0. The third kappa shape index (κ3) is 3.94. The number of halogens is 17. The van der Waals surface area contributed by atoms with E-state index >= 15 is 0 Å². The Morgan fingerprint density at radius 2 is 0.844 bits per heavy atom. The lowest BCUT2D eigenvalue weighted by Gasteiger charge is -2.42. The molecule has 0 aliphatic rings. The van der Waals surface area contributed by atoms with E-state index < -0.39 is 59.4 Å². The van der Waals surface area contributed by atoms with E-state index in [1.165, 1.54) is 0 Å². The van der Waals surface area contributed by atoms with Crippen LogP contribution >= 0.6 is 0 Å². The fraction of sp³-hybridized carbons (Fsp3) is 0.769. The number of alkyl halides is 17. The summed E-state index contributed by atoms with van der Waals surface area (Å²) >= 11 is 0. The molecule has 0 atom stereocenters. The summed E-state index contributed by atoms with van der Waals surface area (Å²) in [5.41, 5.74) is -1.09. The predicted octanol–water partition coefficient (Wildman–Crippen LogP) is 6.46. The normalized spacial score (nSPS) is 16.3. The van der Waals surface area contributed by atoms with Crippen LogP contribution in [0.25, 0.3) is 0 Å². The summed E-state index contributed by atoms with van der Waals surface area (Å²) < 4.78 is 223. The standard InChI is InChI=1S/C13H7F17O2/c1-3-4(2)5(31)32-13(29,30)11(24,25)9(20,21)7(16,17)6(14,15)8(18,19)10(22,23)12(26,27)28/h3H,1-2H3. The Hall–Kier alpha value is -1.98. The molecule has 32 heavy (non-hydrogen) atoms. The van der Waals surface area contributed by atoms with Crippen LogP contribution in [0.2, 0.25) is 0 Å². The van der Waals surface area contributed by atoms with Gasteiger partial charge in [-0.15, -0.1) is 0 Å². The summed E-state index contributed by atoms with van der Waals surface area (Å²) in [6.07, 6.45) is -14.5. The first kappa shape index (κ1) is 30.0.